The number of rotatable bonds is 11. The molecule has 0 aliphatic heterocycles. The summed E-state index contributed by atoms with van der Waals surface area (Å²) in [5.41, 5.74) is 2.48. The second-order valence-electron chi connectivity index (χ2n) is 8.85. The number of hydrogen-bond acceptors (Lipinski definition) is 7. The maximum atomic E-state index is 12.3. The molecule has 0 fully saturated rings. The van der Waals surface area contributed by atoms with E-state index in [1.807, 2.05) is 31.2 Å². The van der Waals surface area contributed by atoms with Crippen LogP contribution in [0.2, 0.25) is 0 Å². The van der Waals surface area contributed by atoms with Crippen molar-refractivity contribution in [1.82, 2.24) is 24.9 Å². The van der Waals surface area contributed by atoms with Gasteiger partial charge in [-0.2, -0.15) is 0 Å². The molecule has 0 saturated carbocycles. The fourth-order valence-electron chi connectivity index (χ4n) is 3.37. The lowest BCUT2D eigenvalue weighted by molar-refractivity contribution is -0.121. The fraction of sp³-hybridized carbons (Fsp3) is 0.545. The minimum atomic E-state index is -3.46. The Morgan fingerprint density at radius 2 is 1.82 bits per heavy atom. The van der Waals surface area contributed by atoms with Crippen LogP contribution in [0, 0.1) is 12.8 Å². The first-order chi connectivity index (χ1) is 15.6. The zero-order chi connectivity index (χ0) is 24.2. The molecule has 3 rings (SSSR count). The molecule has 0 atom stereocenters. The predicted molar refractivity (Wildman–Crippen MR) is 131 cm³/mol. The van der Waals surface area contributed by atoms with Crippen LogP contribution in [0.1, 0.15) is 52.8 Å². The van der Waals surface area contributed by atoms with Crippen LogP contribution in [0.25, 0.3) is 16.7 Å². The fourth-order valence-corrected chi connectivity index (χ4v) is 4.06. The zero-order valence-corrected chi connectivity index (χ0v) is 20.7. The SMILES string of the molecule is Cc1nnc2c(NCCCCNC(=O)CC(C)C)nc3cc(NS(=O)(=O)C(C)C)ccc3n12. The third-order valence-corrected chi connectivity index (χ3v) is 6.94. The van der Waals surface area contributed by atoms with E-state index in [2.05, 4.69) is 25.6 Å². The van der Waals surface area contributed by atoms with Crippen molar-refractivity contribution in [3.05, 3.63) is 24.0 Å². The highest BCUT2D eigenvalue weighted by Gasteiger charge is 2.17. The van der Waals surface area contributed by atoms with Gasteiger partial charge in [-0.15, -0.1) is 10.2 Å². The number of sulfonamides is 1. The lowest BCUT2D eigenvalue weighted by Crippen LogP contribution is -2.25. The summed E-state index contributed by atoms with van der Waals surface area (Å²) >= 11 is 0. The minimum Gasteiger partial charge on any atom is -0.367 e. The second kappa shape index (κ2) is 10.3. The average molecular weight is 476 g/mol. The van der Waals surface area contributed by atoms with Crippen LogP contribution in [-0.4, -0.2) is 52.2 Å². The van der Waals surface area contributed by atoms with E-state index >= 15 is 0 Å². The average Bonchev–Trinajstić information content (AvgIpc) is 3.11. The van der Waals surface area contributed by atoms with Gasteiger partial charge < -0.3 is 10.6 Å². The smallest absolute Gasteiger partial charge is 0.235 e. The van der Waals surface area contributed by atoms with Crippen molar-refractivity contribution >= 4 is 44.1 Å². The van der Waals surface area contributed by atoms with Gasteiger partial charge in [0.2, 0.25) is 21.6 Å². The number of amides is 1. The van der Waals surface area contributed by atoms with Crippen molar-refractivity contribution in [1.29, 1.82) is 0 Å². The summed E-state index contributed by atoms with van der Waals surface area (Å²) in [4.78, 5) is 16.4. The molecule has 1 amide bonds. The quantitative estimate of drug-likeness (QED) is 0.363. The Labute approximate surface area is 194 Å². The van der Waals surface area contributed by atoms with Crippen LogP contribution >= 0.6 is 0 Å². The van der Waals surface area contributed by atoms with Crippen molar-refractivity contribution in [3.63, 3.8) is 0 Å². The number of unbranched alkanes of at least 4 members (excludes halogenated alkanes) is 1. The number of benzene rings is 1. The number of aromatic nitrogens is 4. The number of carbonyl (C=O) groups is 1. The zero-order valence-electron chi connectivity index (χ0n) is 19.8. The Bertz CT molecular complexity index is 1240. The number of nitrogens with zero attached hydrogens (tertiary/aromatic N) is 4. The van der Waals surface area contributed by atoms with Gasteiger partial charge in [0.15, 0.2) is 5.82 Å². The first-order valence-electron chi connectivity index (χ1n) is 11.3. The van der Waals surface area contributed by atoms with Crippen molar-refractivity contribution in [3.8, 4) is 0 Å². The van der Waals surface area contributed by atoms with E-state index in [9.17, 15) is 13.2 Å². The Hall–Kier alpha value is -2.95. The molecule has 2 aromatic heterocycles. The molecule has 0 aliphatic rings. The van der Waals surface area contributed by atoms with Crippen LogP contribution in [0.3, 0.4) is 0 Å². The maximum Gasteiger partial charge on any atom is 0.235 e. The maximum absolute atomic E-state index is 12.3. The molecule has 10 nitrogen and oxygen atoms in total. The summed E-state index contributed by atoms with van der Waals surface area (Å²) in [5, 5.41) is 14.2. The molecule has 33 heavy (non-hydrogen) atoms. The number of nitrogens with one attached hydrogen (secondary N) is 3. The molecule has 0 unspecified atom stereocenters. The number of anilines is 2. The van der Waals surface area contributed by atoms with Crippen molar-refractivity contribution in [2.24, 2.45) is 5.92 Å². The number of aryl methyl sites for hydroxylation is 1. The van der Waals surface area contributed by atoms with Gasteiger partial charge >= 0.3 is 0 Å². The number of carbonyl (C=O) groups excluding carboxylic acids is 1. The van der Waals surface area contributed by atoms with Crippen molar-refractivity contribution in [2.75, 3.05) is 23.1 Å². The molecular formula is C22H33N7O3S. The minimum absolute atomic E-state index is 0.0821. The van der Waals surface area contributed by atoms with Gasteiger partial charge in [0, 0.05) is 19.5 Å². The summed E-state index contributed by atoms with van der Waals surface area (Å²) in [6, 6.07) is 5.24. The Balaban J connectivity index is 1.73. The van der Waals surface area contributed by atoms with Gasteiger partial charge in [-0.3, -0.25) is 13.9 Å². The first-order valence-corrected chi connectivity index (χ1v) is 12.8. The van der Waals surface area contributed by atoms with E-state index in [-0.39, 0.29) is 5.91 Å². The molecule has 180 valence electrons. The Kier molecular flexibility index (Phi) is 7.72. The van der Waals surface area contributed by atoms with Crippen LogP contribution in [-0.2, 0) is 14.8 Å². The molecular weight excluding hydrogens is 442 g/mol. The molecule has 1 aromatic carbocycles. The molecule has 0 saturated heterocycles. The van der Waals surface area contributed by atoms with Crippen LogP contribution < -0.4 is 15.4 Å². The molecule has 2 heterocycles. The summed E-state index contributed by atoms with van der Waals surface area (Å²) in [7, 11) is -3.46. The standard InChI is InChI=1S/C22H33N7O3S/c1-14(2)12-20(30)23-10-6-7-11-24-21-22-27-26-16(5)29(22)19-9-8-17(13-18(19)25-21)28-33(31,32)15(3)4/h8-9,13-15,28H,6-7,10-12H2,1-5H3,(H,23,30)(H,24,25). The summed E-state index contributed by atoms with van der Waals surface area (Å²) in [6.07, 6.45) is 2.22. The van der Waals surface area contributed by atoms with E-state index in [1.54, 1.807) is 26.0 Å². The second-order valence-corrected chi connectivity index (χ2v) is 11.1. The Morgan fingerprint density at radius 3 is 2.52 bits per heavy atom. The normalized spacial score (nSPS) is 12.1. The topological polar surface area (TPSA) is 130 Å². The van der Waals surface area contributed by atoms with Gasteiger partial charge in [-0.25, -0.2) is 13.4 Å². The number of fused-ring (bicyclic) bond motifs is 3. The van der Waals surface area contributed by atoms with Gasteiger partial charge in [0.1, 0.15) is 5.82 Å². The molecule has 3 aromatic rings. The third kappa shape index (κ3) is 6.10. The molecule has 0 spiro atoms. The summed E-state index contributed by atoms with van der Waals surface area (Å²) in [5.74, 6) is 1.72. The number of hydrogen-bond donors (Lipinski definition) is 3. The molecule has 3 N–H and O–H groups in total. The lowest BCUT2D eigenvalue weighted by atomic mass is 10.1. The van der Waals surface area contributed by atoms with E-state index in [1.165, 1.54) is 0 Å². The highest BCUT2D eigenvalue weighted by atomic mass is 32.2. The van der Waals surface area contributed by atoms with E-state index in [0.717, 1.165) is 18.4 Å². The van der Waals surface area contributed by atoms with Crippen LogP contribution in [0.4, 0.5) is 11.5 Å². The van der Waals surface area contributed by atoms with Crippen molar-refractivity contribution in [2.45, 2.75) is 59.1 Å². The van der Waals surface area contributed by atoms with Crippen LogP contribution in [0.15, 0.2) is 18.2 Å². The van der Waals surface area contributed by atoms with Gasteiger partial charge in [-0.1, -0.05) is 13.8 Å². The monoisotopic (exact) mass is 475 g/mol. The van der Waals surface area contributed by atoms with E-state index < -0.39 is 15.3 Å². The third-order valence-electron chi connectivity index (χ3n) is 5.18. The Morgan fingerprint density at radius 1 is 1.09 bits per heavy atom. The highest BCUT2D eigenvalue weighted by molar-refractivity contribution is 7.93. The molecule has 0 aliphatic carbocycles. The van der Waals surface area contributed by atoms with Crippen LogP contribution in [0.5, 0.6) is 0 Å². The van der Waals surface area contributed by atoms with E-state index in [0.29, 0.717) is 53.9 Å². The van der Waals surface area contributed by atoms with Crippen molar-refractivity contribution < 1.29 is 13.2 Å². The largest absolute Gasteiger partial charge is 0.367 e. The first kappa shape index (κ1) is 24.7. The van der Waals surface area contributed by atoms with Gasteiger partial charge in [-0.05, 0) is 57.7 Å². The predicted octanol–water partition coefficient (Wildman–Crippen LogP) is 3.09. The molecule has 0 bridgehead atoms. The molecule has 11 heteroatoms. The summed E-state index contributed by atoms with van der Waals surface area (Å²) in [6.45, 7) is 10.5. The van der Waals surface area contributed by atoms with E-state index in [4.69, 9.17) is 4.98 Å². The molecule has 0 radical (unpaired) electrons. The van der Waals surface area contributed by atoms with Gasteiger partial charge in [0.05, 0.1) is 22.0 Å². The van der Waals surface area contributed by atoms with Gasteiger partial charge in [0.25, 0.3) is 0 Å². The summed E-state index contributed by atoms with van der Waals surface area (Å²) < 4.78 is 29.0. The highest BCUT2D eigenvalue weighted by Crippen LogP contribution is 2.25. The lowest BCUT2D eigenvalue weighted by Gasteiger charge is -2.13.